The molecule has 0 saturated carbocycles. The Morgan fingerprint density at radius 2 is 1.85 bits per heavy atom. The average Bonchev–Trinajstić information content (AvgIpc) is 3.39. The largest absolute Gasteiger partial charge is 0.351 e. The Balaban J connectivity index is 1.24. The van der Waals surface area contributed by atoms with E-state index in [0.29, 0.717) is 30.8 Å². The molecule has 0 spiro atoms. The Hall–Kier alpha value is -2.36. The number of benzene rings is 1. The molecule has 3 aromatic rings. The van der Waals surface area contributed by atoms with Gasteiger partial charge < -0.3 is 10.2 Å². The van der Waals surface area contributed by atoms with Crippen LogP contribution in [-0.2, 0) is 0 Å². The van der Waals surface area contributed by atoms with E-state index in [2.05, 4.69) is 19.0 Å². The first-order chi connectivity index (χ1) is 13.2. The highest BCUT2D eigenvalue weighted by Gasteiger charge is 2.22. The van der Waals surface area contributed by atoms with Crippen molar-refractivity contribution >= 4 is 45.9 Å². The molecule has 3 heterocycles. The predicted molar refractivity (Wildman–Crippen MR) is 106 cm³/mol. The number of hydrogen-bond donors (Lipinski definition) is 1. The van der Waals surface area contributed by atoms with Crippen molar-refractivity contribution in [2.75, 3.05) is 39.3 Å². The molecule has 9 heteroatoms. The number of hydrogen-bond acceptors (Lipinski definition) is 7. The summed E-state index contributed by atoms with van der Waals surface area (Å²) in [6, 6.07) is 7.30. The van der Waals surface area contributed by atoms with E-state index >= 15 is 0 Å². The molecule has 1 aliphatic heterocycles. The summed E-state index contributed by atoms with van der Waals surface area (Å²) in [5.74, 6) is 0.00676. The van der Waals surface area contributed by atoms with Gasteiger partial charge >= 0.3 is 0 Å². The molecule has 27 heavy (non-hydrogen) atoms. The van der Waals surface area contributed by atoms with Gasteiger partial charge in [-0.3, -0.25) is 14.5 Å². The summed E-state index contributed by atoms with van der Waals surface area (Å²) >= 11 is 2.67. The molecule has 0 bridgehead atoms. The van der Waals surface area contributed by atoms with Gasteiger partial charge in [-0.2, -0.15) is 20.1 Å². The van der Waals surface area contributed by atoms with E-state index in [1.165, 1.54) is 11.3 Å². The summed E-state index contributed by atoms with van der Waals surface area (Å²) in [4.78, 5) is 28.8. The van der Waals surface area contributed by atoms with Gasteiger partial charge in [0, 0.05) is 55.8 Å². The molecule has 1 N–H and O–H groups in total. The molecule has 1 fully saturated rings. The van der Waals surface area contributed by atoms with Crippen LogP contribution in [0.2, 0.25) is 0 Å². The highest BCUT2D eigenvalue weighted by molar-refractivity contribution is 7.08. The molecule has 2 aromatic heterocycles. The highest BCUT2D eigenvalue weighted by atomic mass is 32.1. The fraction of sp³-hybridized carbons (Fsp3) is 0.333. The Bertz CT molecular complexity index is 932. The Labute approximate surface area is 164 Å². The van der Waals surface area contributed by atoms with Crippen molar-refractivity contribution in [3.63, 3.8) is 0 Å². The van der Waals surface area contributed by atoms with E-state index < -0.39 is 0 Å². The van der Waals surface area contributed by atoms with Crippen LogP contribution in [0.4, 0.5) is 0 Å². The van der Waals surface area contributed by atoms with E-state index in [4.69, 9.17) is 0 Å². The van der Waals surface area contributed by atoms with Gasteiger partial charge in [-0.05, 0) is 29.6 Å². The maximum absolute atomic E-state index is 12.7. The number of piperazine rings is 1. The van der Waals surface area contributed by atoms with Gasteiger partial charge in [0.2, 0.25) is 0 Å². The number of thiophene rings is 1. The van der Waals surface area contributed by atoms with Gasteiger partial charge in [-0.25, -0.2) is 0 Å². The summed E-state index contributed by atoms with van der Waals surface area (Å²) < 4.78 is 8.37. The first-order valence-electron chi connectivity index (χ1n) is 8.75. The lowest BCUT2D eigenvalue weighted by atomic mass is 10.1. The number of carbonyl (C=O) groups excluding carboxylic acids is 2. The van der Waals surface area contributed by atoms with Crippen LogP contribution in [0.3, 0.4) is 0 Å². The van der Waals surface area contributed by atoms with Crippen LogP contribution in [0.1, 0.15) is 20.7 Å². The maximum Gasteiger partial charge on any atom is 0.254 e. The molecule has 1 aromatic carbocycles. The predicted octanol–water partition coefficient (Wildman–Crippen LogP) is 1.94. The first kappa shape index (κ1) is 18.0. The average molecular weight is 402 g/mol. The molecule has 1 aliphatic rings. The second-order valence-corrected chi connectivity index (χ2v) is 7.68. The zero-order chi connectivity index (χ0) is 18.6. The SMILES string of the molecule is O=C(NCCN1CCN(C(=O)c2ccc3nsnc3c2)CC1)c1ccsc1. The molecule has 0 aliphatic carbocycles. The standard InChI is InChI=1S/C18H19N5O2S2/c24-17(14-3-10-26-12-14)19-4-5-22-6-8-23(9-7-22)18(25)13-1-2-15-16(11-13)21-27-20-15/h1-3,10-12H,4-9H2,(H,19,24). The van der Waals surface area contributed by atoms with Gasteiger partial charge in [0.25, 0.3) is 11.8 Å². The van der Waals surface area contributed by atoms with Gasteiger partial charge in [0.1, 0.15) is 11.0 Å². The fourth-order valence-corrected chi connectivity index (χ4v) is 4.25. The number of amides is 2. The third kappa shape index (κ3) is 4.15. The lowest BCUT2D eigenvalue weighted by Gasteiger charge is -2.34. The van der Waals surface area contributed by atoms with E-state index in [-0.39, 0.29) is 11.8 Å². The minimum Gasteiger partial charge on any atom is -0.351 e. The van der Waals surface area contributed by atoms with Gasteiger partial charge in [0.15, 0.2) is 0 Å². The zero-order valence-corrected chi connectivity index (χ0v) is 16.3. The van der Waals surface area contributed by atoms with Crippen molar-refractivity contribution in [2.45, 2.75) is 0 Å². The number of aromatic nitrogens is 2. The van der Waals surface area contributed by atoms with Crippen LogP contribution in [0.15, 0.2) is 35.0 Å². The Kier molecular flexibility index (Phi) is 5.42. The van der Waals surface area contributed by atoms with Crippen molar-refractivity contribution < 1.29 is 9.59 Å². The van der Waals surface area contributed by atoms with E-state index in [0.717, 1.165) is 42.4 Å². The molecule has 2 amide bonds. The molecule has 4 rings (SSSR count). The molecule has 1 saturated heterocycles. The first-order valence-corrected chi connectivity index (χ1v) is 10.4. The van der Waals surface area contributed by atoms with E-state index in [1.54, 1.807) is 0 Å². The topological polar surface area (TPSA) is 78.4 Å². The summed E-state index contributed by atoms with van der Waals surface area (Å²) in [6.07, 6.45) is 0. The van der Waals surface area contributed by atoms with Gasteiger partial charge in [0.05, 0.1) is 11.7 Å². The van der Waals surface area contributed by atoms with Gasteiger partial charge in [-0.15, -0.1) is 0 Å². The van der Waals surface area contributed by atoms with Crippen molar-refractivity contribution in [1.82, 2.24) is 23.9 Å². The summed E-state index contributed by atoms with van der Waals surface area (Å²) in [5.41, 5.74) is 2.96. The minimum atomic E-state index is -0.0306. The Morgan fingerprint density at radius 3 is 2.63 bits per heavy atom. The number of rotatable bonds is 5. The molecule has 140 valence electrons. The Morgan fingerprint density at radius 1 is 1.04 bits per heavy atom. The van der Waals surface area contributed by atoms with Crippen LogP contribution >= 0.6 is 23.1 Å². The summed E-state index contributed by atoms with van der Waals surface area (Å²) in [5, 5.41) is 6.68. The number of fused-ring (bicyclic) bond motifs is 1. The van der Waals surface area contributed by atoms with E-state index in [1.807, 2.05) is 39.9 Å². The molecular formula is C18H19N5O2S2. The van der Waals surface area contributed by atoms with Gasteiger partial charge in [-0.1, -0.05) is 0 Å². The fourth-order valence-electron chi connectivity index (χ4n) is 3.10. The lowest BCUT2D eigenvalue weighted by Crippen LogP contribution is -2.50. The third-order valence-electron chi connectivity index (χ3n) is 4.66. The smallest absolute Gasteiger partial charge is 0.254 e. The van der Waals surface area contributed by atoms with Crippen LogP contribution in [0.25, 0.3) is 11.0 Å². The molecular weight excluding hydrogens is 382 g/mol. The van der Waals surface area contributed by atoms with Crippen molar-refractivity contribution in [3.8, 4) is 0 Å². The number of carbonyl (C=O) groups is 2. The quantitative estimate of drug-likeness (QED) is 0.707. The summed E-state index contributed by atoms with van der Waals surface area (Å²) in [6.45, 7) is 4.38. The zero-order valence-electron chi connectivity index (χ0n) is 14.6. The third-order valence-corrected chi connectivity index (χ3v) is 5.90. The summed E-state index contributed by atoms with van der Waals surface area (Å²) in [7, 11) is 0. The van der Waals surface area contributed by atoms with Crippen molar-refractivity contribution in [3.05, 3.63) is 46.2 Å². The normalized spacial score (nSPS) is 15.2. The van der Waals surface area contributed by atoms with Crippen LogP contribution < -0.4 is 5.32 Å². The van der Waals surface area contributed by atoms with Crippen LogP contribution in [0.5, 0.6) is 0 Å². The molecule has 0 atom stereocenters. The van der Waals surface area contributed by atoms with Crippen molar-refractivity contribution in [2.24, 2.45) is 0 Å². The molecule has 0 unspecified atom stereocenters. The number of nitrogens with one attached hydrogen (secondary N) is 1. The second-order valence-electron chi connectivity index (χ2n) is 6.37. The molecule has 7 nitrogen and oxygen atoms in total. The molecule has 0 radical (unpaired) electrons. The minimum absolute atomic E-state index is 0.0306. The van der Waals surface area contributed by atoms with E-state index in [9.17, 15) is 9.59 Å². The maximum atomic E-state index is 12.7. The lowest BCUT2D eigenvalue weighted by molar-refractivity contribution is 0.0638. The van der Waals surface area contributed by atoms with Crippen molar-refractivity contribution in [1.29, 1.82) is 0 Å². The van der Waals surface area contributed by atoms with Crippen LogP contribution in [0, 0.1) is 0 Å². The monoisotopic (exact) mass is 401 g/mol. The second kappa shape index (κ2) is 8.12. The van der Waals surface area contributed by atoms with Crippen LogP contribution in [-0.4, -0.2) is 69.6 Å². The highest BCUT2D eigenvalue weighted by Crippen LogP contribution is 2.16. The number of nitrogens with zero attached hydrogens (tertiary/aromatic N) is 4.